The van der Waals surface area contributed by atoms with Gasteiger partial charge < -0.3 is 15.8 Å². The number of para-hydroxylation sites is 1. The average Bonchev–Trinajstić information content (AvgIpc) is 2.39. The highest BCUT2D eigenvalue weighted by atomic mass is 16.5. The van der Waals surface area contributed by atoms with Gasteiger partial charge in [0.15, 0.2) is 0 Å². The molecular weight excluding hydrogens is 226 g/mol. The fourth-order valence-corrected chi connectivity index (χ4v) is 1.62. The van der Waals surface area contributed by atoms with E-state index in [1.807, 2.05) is 49.4 Å². The molecule has 2 rings (SSSR count). The van der Waals surface area contributed by atoms with Crippen molar-refractivity contribution in [3.63, 3.8) is 0 Å². The molecule has 0 aliphatic rings. The predicted molar refractivity (Wildman–Crippen MR) is 73.6 cm³/mol. The van der Waals surface area contributed by atoms with Crippen molar-refractivity contribution >= 4 is 11.5 Å². The fourth-order valence-electron chi connectivity index (χ4n) is 1.62. The van der Waals surface area contributed by atoms with Gasteiger partial charge in [-0.3, -0.25) is 0 Å². The molecule has 0 aliphatic carbocycles. The summed E-state index contributed by atoms with van der Waals surface area (Å²) < 4.78 is 5.35. The van der Waals surface area contributed by atoms with Crippen molar-refractivity contribution < 1.29 is 4.74 Å². The van der Waals surface area contributed by atoms with Gasteiger partial charge in [-0.25, -0.2) is 0 Å². The Morgan fingerprint density at radius 2 is 2.00 bits per heavy atom. The summed E-state index contributed by atoms with van der Waals surface area (Å²) in [6.45, 7) is 3.20. The predicted octanol–water partition coefficient (Wildman–Crippen LogP) is 2.67. The van der Waals surface area contributed by atoms with Gasteiger partial charge in [0, 0.05) is 18.3 Å². The zero-order valence-electron chi connectivity index (χ0n) is 10.4. The minimum absolute atomic E-state index is 0.613. The van der Waals surface area contributed by atoms with Gasteiger partial charge in [0.05, 0.1) is 6.61 Å². The molecule has 0 amide bonds. The number of nitrogen functional groups attached to an aromatic ring is 1. The summed E-state index contributed by atoms with van der Waals surface area (Å²) in [5, 5.41) is 3.23. The van der Waals surface area contributed by atoms with Crippen LogP contribution in [0.15, 0.2) is 42.5 Å². The monoisotopic (exact) mass is 243 g/mol. The summed E-state index contributed by atoms with van der Waals surface area (Å²) in [6.07, 6.45) is 0. The van der Waals surface area contributed by atoms with E-state index in [0.29, 0.717) is 19.0 Å². The fraction of sp³-hybridized carbons (Fsp3) is 0.214. The molecule has 0 saturated carbocycles. The van der Waals surface area contributed by atoms with Gasteiger partial charge >= 0.3 is 0 Å². The third-order valence-electron chi connectivity index (χ3n) is 2.53. The lowest BCUT2D eigenvalue weighted by atomic mass is 10.2. The van der Waals surface area contributed by atoms with Crippen molar-refractivity contribution in [2.75, 3.05) is 17.7 Å². The number of hydrogen-bond acceptors (Lipinski definition) is 4. The second kappa shape index (κ2) is 5.91. The molecule has 0 unspecified atom stereocenters. The maximum atomic E-state index is 5.88. The molecule has 1 aromatic carbocycles. The van der Waals surface area contributed by atoms with Crippen LogP contribution in [0.5, 0.6) is 5.88 Å². The number of aromatic nitrogens is 1. The SMILES string of the molecule is CCOc1cccc(NCc2ccccc2N)n1. The van der Waals surface area contributed by atoms with Crippen molar-refractivity contribution in [1.82, 2.24) is 4.98 Å². The van der Waals surface area contributed by atoms with Crippen molar-refractivity contribution in [2.24, 2.45) is 0 Å². The van der Waals surface area contributed by atoms with E-state index in [2.05, 4.69) is 10.3 Å². The summed E-state index contributed by atoms with van der Waals surface area (Å²) in [4.78, 5) is 4.33. The minimum atomic E-state index is 0.613. The summed E-state index contributed by atoms with van der Waals surface area (Å²) >= 11 is 0. The smallest absolute Gasteiger partial charge is 0.215 e. The van der Waals surface area contributed by atoms with Crippen LogP contribution in [0.2, 0.25) is 0 Å². The second-order valence-electron chi connectivity index (χ2n) is 3.85. The second-order valence-corrected chi connectivity index (χ2v) is 3.85. The number of pyridine rings is 1. The van der Waals surface area contributed by atoms with Crippen LogP contribution < -0.4 is 15.8 Å². The largest absolute Gasteiger partial charge is 0.478 e. The van der Waals surface area contributed by atoms with Crippen LogP contribution in [0.3, 0.4) is 0 Å². The van der Waals surface area contributed by atoms with Crippen LogP contribution in [0.25, 0.3) is 0 Å². The van der Waals surface area contributed by atoms with Crippen LogP contribution in [0.1, 0.15) is 12.5 Å². The maximum absolute atomic E-state index is 5.88. The molecule has 4 heteroatoms. The number of anilines is 2. The zero-order chi connectivity index (χ0) is 12.8. The lowest BCUT2D eigenvalue weighted by Crippen LogP contribution is -2.04. The van der Waals surface area contributed by atoms with Gasteiger partial charge in [-0.1, -0.05) is 24.3 Å². The number of rotatable bonds is 5. The maximum Gasteiger partial charge on any atom is 0.215 e. The normalized spacial score (nSPS) is 10.1. The van der Waals surface area contributed by atoms with E-state index >= 15 is 0 Å². The number of nitrogens with one attached hydrogen (secondary N) is 1. The summed E-state index contributed by atoms with van der Waals surface area (Å²) in [5.41, 5.74) is 7.72. The van der Waals surface area contributed by atoms with Gasteiger partial charge in [0.2, 0.25) is 5.88 Å². The molecule has 0 saturated heterocycles. The molecule has 2 aromatic rings. The summed E-state index contributed by atoms with van der Waals surface area (Å²) in [7, 11) is 0. The Bertz CT molecular complexity index is 514. The zero-order valence-corrected chi connectivity index (χ0v) is 10.4. The lowest BCUT2D eigenvalue weighted by molar-refractivity contribution is 0.327. The molecule has 18 heavy (non-hydrogen) atoms. The summed E-state index contributed by atoms with van der Waals surface area (Å²) in [5.74, 6) is 1.41. The molecule has 94 valence electrons. The van der Waals surface area contributed by atoms with E-state index in [4.69, 9.17) is 10.5 Å². The topological polar surface area (TPSA) is 60.2 Å². The molecule has 4 nitrogen and oxygen atoms in total. The molecule has 1 aromatic heterocycles. The van der Waals surface area contributed by atoms with E-state index in [1.54, 1.807) is 0 Å². The van der Waals surface area contributed by atoms with E-state index < -0.39 is 0 Å². The van der Waals surface area contributed by atoms with Crippen LogP contribution in [0, 0.1) is 0 Å². The Hall–Kier alpha value is -2.23. The molecule has 0 atom stereocenters. The van der Waals surface area contributed by atoms with Crippen LogP contribution in [-0.4, -0.2) is 11.6 Å². The van der Waals surface area contributed by atoms with Crippen molar-refractivity contribution in [2.45, 2.75) is 13.5 Å². The van der Waals surface area contributed by atoms with Gasteiger partial charge in [-0.15, -0.1) is 0 Å². The van der Waals surface area contributed by atoms with Crippen LogP contribution in [0.4, 0.5) is 11.5 Å². The molecule has 0 radical (unpaired) electrons. The minimum Gasteiger partial charge on any atom is -0.478 e. The number of hydrogen-bond donors (Lipinski definition) is 2. The lowest BCUT2D eigenvalue weighted by Gasteiger charge is -2.09. The Morgan fingerprint density at radius 3 is 2.78 bits per heavy atom. The molecule has 0 spiro atoms. The first-order valence-electron chi connectivity index (χ1n) is 5.96. The first-order valence-corrected chi connectivity index (χ1v) is 5.96. The molecule has 0 bridgehead atoms. The number of nitrogens with two attached hydrogens (primary N) is 1. The molecule has 0 fully saturated rings. The third kappa shape index (κ3) is 3.13. The van der Waals surface area contributed by atoms with Gasteiger partial charge in [0.1, 0.15) is 5.82 Å². The van der Waals surface area contributed by atoms with E-state index in [-0.39, 0.29) is 0 Å². The molecular formula is C14H17N3O. The van der Waals surface area contributed by atoms with Crippen LogP contribution >= 0.6 is 0 Å². The first kappa shape index (κ1) is 12.2. The molecule has 0 aliphatic heterocycles. The summed E-state index contributed by atoms with van der Waals surface area (Å²) in [6, 6.07) is 13.4. The highest BCUT2D eigenvalue weighted by molar-refractivity contribution is 5.48. The first-order chi connectivity index (χ1) is 8.79. The Morgan fingerprint density at radius 1 is 1.17 bits per heavy atom. The number of ether oxygens (including phenoxy) is 1. The standard InChI is InChI=1S/C14H17N3O/c1-2-18-14-9-5-8-13(17-14)16-10-11-6-3-4-7-12(11)15/h3-9H,2,10,15H2,1H3,(H,16,17). The van der Waals surface area contributed by atoms with Gasteiger partial charge in [-0.2, -0.15) is 4.98 Å². The third-order valence-corrected chi connectivity index (χ3v) is 2.53. The number of benzene rings is 1. The van der Waals surface area contributed by atoms with Crippen molar-refractivity contribution in [3.8, 4) is 5.88 Å². The van der Waals surface area contributed by atoms with Crippen molar-refractivity contribution in [1.29, 1.82) is 0 Å². The van der Waals surface area contributed by atoms with E-state index in [0.717, 1.165) is 17.1 Å². The van der Waals surface area contributed by atoms with Crippen LogP contribution in [-0.2, 0) is 6.54 Å². The number of nitrogens with zero attached hydrogens (tertiary/aromatic N) is 1. The quantitative estimate of drug-likeness (QED) is 0.793. The molecule has 3 N–H and O–H groups in total. The Labute approximate surface area is 107 Å². The Kier molecular flexibility index (Phi) is 4.02. The average molecular weight is 243 g/mol. The Balaban J connectivity index is 2.02. The van der Waals surface area contributed by atoms with Crippen molar-refractivity contribution in [3.05, 3.63) is 48.0 Å². The van der Waals surface area contributed by atoms with Gasteiger partial charge in [0.25, 0.3) is 0 Å². The van der Waals surface area contributed by atoms with E-state index in [1.165, 1.54) is 0 Å². The molecule has 1 heterocycles. The highest BCUT2D eigenvalue weighted by Gasteiger charge is 2.00. The van der Waals surface area contributed by atoms with Gasteiger partial charge in [-0.05, 0) is 24.6 Å². The van der Waals surface area contributed by atoms with E-state index in [9.17, 15) is 0 Å². The highest BCUT2D eigenvalue weighted by Crippen LogP contribution is 2.15.